The highest BCUT2D eigenvalue weighted by atomic mass is 16.5. The number of carbonyl (C=O) groups excluding carboxylic acids is 1. The predicted octanol–water partition coefficient (Wildman–Crippen LogP) is 2.67. The molecule has 5 rings (SSSR count). The van der Waals surface area contributed by atoms with Crippen molar-refractivity contribution in [1.29, 1.82) is 0 Å². The van der Waals surface area contributed by atoms with Crippen LogP contribution in [-0.2, 0) is 17.6 Å². The zero-order valence-electron chi connectivity index (χ0n) is 16.9. The number of hydrogen-bond acceptors (Lipinski definition) is 6. The number of nitrogens with one attached hydrogen (secondary N) is 3. The Hall–Kier alpha value is -3.20. The molecule has 0 saturated carbocycles. The van der Waals surface area contributed by atoms with Gasteiger partial charge < -0.3 is 15.0 Å². The molecule has 1 aliphatic carbocycles. The van der Waals surface area contributed by atoms with Gasteiger partial charge in [0.1, 0.15) is 11.9 Å². The summed E-state index contributed by atoms with van der Waals surface area (Å²) in [7, 11) is 0. The SMILES string of the molecule is Cc1cc(Nc2cccc(C3CN(C(=O)c4n[nH]c5c4CCCC5)CCO3)n2)n[nH]1. The lowest BCUT2D eigenvalue weighted by atomic mass is 9.95. The Labute approximate surface area is 174 Å². The van der Waals surface area contributed by atoms with Gasteiger partial charge in [0.2, 0.25) is 0 Å². The largest absolute Gasteiger partial charge is 0.368 e. The van der Waals surface area contributed by atoms with Crippen LogP contribution < -0.4 is 5.32 Å². The molecule has 0 radical (unpaired) electrons. The van der Waals surface area contributed by atoms with Crippen LogP contribution in [0.4, 0.5) is 11.6 Å². The minimum absolute atomic E-state index is 0.0241. The number of aromatic amines is 2. The molecule has 1 aliphatic heterocycles. The Morgan fingerprint density at radius 3 is 2.97 bits per heavy atom. The Morgan fingerprint density at radius 2 is 2.10 bits per heavy atom. The fraction of sp³-hybridized carbons (Fsp3) is 0.429. The normalized spacial score (nSPS) is 18.8. The molecule has 0 aromatic carbocycles. The van der Waals surface area contributed by atoms with Crippen molar-refractivity contribution in [3.63, 3.8) is 0 Å². The Morgan fingerprint density at radius 1 is 1.20 bits per heavy atom. The second kappa shape index (κ2) is 7.91. The molecule has 1 saturated heterocycles. The summed E-state index contributed by atoms with van der Waals surface area (Å²) in [6.07, 6.45) is 3.87. The zero-order chi connectivity index (χ0) is 20.5. The number of anilines is 2. The van der Waals surface area contributed by atoms with Crippen molar-refractivity contribution in [2.75, 3.05) is 25.0 Å². The van der Waals surface area contributed by atoms with Crippen molar-refractivity contribution in [3.05, 3.63) is 52.6 Å². The van der Waals surface area contributed by atoms with Gasteiger partial charge in [0, 0.05) is 29.6 Å². The van der Waals surface area contributed by atoms with Crippen molar-refractivity contribution in [3.8, 4) is 0 Å². The topological polar surface area (TPSA) is 112 Å². The summed E-state index contributed by atoms with van der Waals surface area (Å²) in [5, 5.41) is 17.7. The van der Waals surface area contributed by atoms with Gasteiger partial charge in [-0.1, -0.05) is 6.07 Å². The van der Waals surface area contributed by atoms with Gasteiger partial charge in [0.05, 0.1) is 18.8 Å². The monoisotopic (exact) mass is 407 g/mol. The van der Waals surface area contributed by atoms with E-state index in [-0.39, 0.29) is 12.0 Å². The van der Waals surface area contributed by atoms with Crippen LogP contribution in [0.3, 0.4) is 0 Å². The molecule has 9 heteroatoms. The predicted molar refractivity (Wildman–Crippen MR) is 111 cm³/mol. The number of carbonyl (C=O) groups is 1. The minimum atomic E-state index is -0.278. The number of H-pyrrole nitrogens is 2. The maximum Gasteiger partial charge on any atom is 0.274 e. The van der Waals surface area contributed by atoms with E-state index < -0.39 is 0 Å². The summed E-state index contributed by atoms with van der Waals surface area (Å²) >= 11 is 0. The van der Waals surface area contributed by atoms with Crippen molar-refractivity contribution < 1.29 is 9.53 Å². The Bertz CT molecular complexity index is 1060. The van der Waals surface area contributed by atoms with E-state index >= 15 is 0 Å². The second-order valence-corrected chi connectivity index (χ2v) is 7.86. The molecule has 4 heterocycles. The molecule has 3 N–H and O–H groups in total. The minimum Gasteiger partial charge on any atom is -0.368 e. The first-order valence-corrected chi connectivity index (χ1v) is 10.4. The van der Waals surface area contributed by atoms with Crippen LogP contribution in [0.2, 0.25) is 0 Å². The first-order valence-electron chi connectivity index (χ1n) is 10.4. The number of fused-ring (bicyclic) bond motifs is 1. The molecular weight excluding hydrogens is 382 g/mol. The molecule has 2 aliphatic rings. The van der Waals surface area contributed by atoms with Crippen molar-refractivity contribution in [2.45, 2.75) is 38.7 Å². The van der Waals surface area contributed by atoms with Gasteiger partial charge in [-0.3, -0.25) is 15.0 Å². The van der Waals surface area contributed by atoms with Crippen LogP contribution in [0.1, 0.15) is 52.1 Å². The van der Waals surface area contributed by atoms with Crippen LogP contribution in [-0.4, -0.2) is 55.9 Å². The Kier molecular flexibility index (Phi) is 4.96. The molecular formula is C21H25N7O2. The zero-order valence-corrected chi connectivity index (χ0v) is 16.9. The lowest BCUT2D eigenvalue weighted by Gasteiger charge is -2.32. The van der Waals surface area contributed by atoms with E-state index in [1.165, 1.54) is 0 Å². The van der Waals surface area contributed by atoms with E-state index in [0.717, 1.165) is 48.3 Å². The molecule has 1 amide bonds. The van der Waals surface area contributed by atoms with Crippen molar-refractivity contribution >= 4 is 17.5 Å². The number of morpholine rings is 1. The average Bonchev–Trinajstić information content (AvgIpc) is 3.39. The van der Waals surface area contributed by atoms with Gasteiger partial charge in [0.15, 0.2) is 11.5 Å². The maximum absolute atomic E-state index is 13.2. The molecule has 30 heavy (non-hydrogen) atoms. The van der Waals surface area contributed by atoms with Gasteiger partial charge in [-0.05, 0) is 44.7 Å². The van der Waals surface area contributed by atoms with E-state index in [1.807, 2.05) is 36.1 Å². The standard InChI is InChI=1S/C21H25N7O2/c1-13-11-19(26-24-13)23-18-8-4-7-16(22-18)17-12-28(9-10-30-17)21(29)20-14-5-2-3-6-15(14)25-27-20/h4,7-8,11,17H,2-3,5-6,9-10,12H2,1H3,(H,25,27)(H2,22,23,24,26). The van der Waals surface area contributed by atoms with E-state index in [4.69, 9.17) is 4.74 Å². The summed E-state index contributed by atoms with van der Waals surface area (Å²) in [5.41, 5.74) is 4.53. The van der Waals surface area contributed by atoms with Gasteiger partial charge in [-0.15, -0.1) is 0 Å². The van der Waals surface area contributed by atoms with Crippen LogP contribution in [0.25, 0.3) is 0 Å². The smallest absolute Gasteiger partial charge is 0.274 e. The van der Waals surface area contributed by atoms with Crippen LogP contribution in [0.15, 0.2) is 24.3 Å². The van der Waals surface area contributed by atoms with Crippen LogP contribution in [0.5, 0.6) is 0 Å². The maximum atomic E-state index is 13.2. The third-order valence-electron chi connectivity index (χ3n) is 5.68. The fourth-order valence-corrected chi connectivity index (χ4v) is 4.13. The van der Waals surface area contributed by atoms with Gasteiger partial charge in [0.25, 0.3) is 5.91 Å². The quantitative estimate of drug-likeness (QED) is 0.613. The lowest BCUT2D eigenvalue weighted by Crippen LogP contribution is -2.43. The lowest BCUT2D eigenvalue weighted by molar-refractivity contribution is -0.0248. The first kappa shape index (κ1) is 18.8. The first-order chi connectivity index (χ1) is 14.7. The summed E-state index contributed by atoms with van der Waals surface area (Å²) in [6.45, 7) is 3.43. The average molecular weight is 407 g/mol. The number of ether oxygens (including phenoxy) is 1. The highest BCUT2D eigenvalue weighted by molar-refractivity contribution is 5.94. The van der Waals surface area contributed by atoms with Gasteiger partial charge in [-0.2, -0.15) is 10.2 Å². The van der Waals surface area contributed by atoms with Gasteiger partial charge in [-0.25, -0.2) is 4.98 Å². The summed E-state index contributed by atoms with van der Waals surface area (Å²) in [5.74, 6) is 1.37. The summed E-state index contributed by atoms with van der Waals surface area (Å²) in [4.78, 5) is 19.7. The molecule has 156 valence electrons. The van der Waals surface area contributed by atoms with E-state index in [0.29, 0.717) is 37.0 Å². The number of aryl methyl sites for hydroxylation is 2. The van der Waals surface area contributed by atoms with Crippen molar-refractivity contribution in [2.24, 2.45) is 0 Å². The molecule has 1 fully saturated rings. The molecule has 9 nitrogen and oxygen atoms in total. The molecule has 1 atom stereocenters. The fourth-order valence-electron chi connectivity index (χ4n) is 4.13. The van der Waals surface area contributed by atoms with E-state index in [2.05, 4.69) is 30.7 Å². The van der Waals surface area contributed by atoms with Crippen LogP contribution in [0, 0.1) is 6.92 Å². The molecule has 3 aromatic rings. The molecule has 0 spiro atoms. The van der Waals surface area contributed by atoms with E-state index in [1.54, 1.807) is 0 Å². The van der Waals surface area contributed by atoms with E-state index in [9.17, 15) is 4.79 Å². The third kappa shape index (κ3) is 3.68. The second-order valence-electron chi connectivity index (χ2n) is 7.86. The van der Waals surface area contributed by atoms with Gasteiger partial charge >= 0.3 is 0 Å². The number of hydrogen-bond donors (Lipinski definition) is 3. The number of pyridine rings is 1. The summed E-state index contributed by atoms with van der Waals surface area (Å²) < 4.78 is 5.95. The number of amides is 1. The highest BCUT2D eigenvalue weighted by Crippen LogP contribution is 2.27. The molecule has 0 bridgehead atoms. The van der Waals surface area contributed by atoms with Crippen LogP contribution >= 0.6 is 0 Å². The molecule has 1 unspecified atom stereocenters. The third-order valence-corrected chi connectivity index (χ3v) is 5.68. The molecule has 3 aromatic heterocycles. The summed E-state index contributed by atoms with van der Waals surface area (Å²) in [6, 6.07) is 7.65. The number of rotatable bonds is 4. The number of nitrogens with zero attached hydrogens (tertiary/aromatic N) is 4. The van der Waals surface area contributed by atoms with Crippen molar-refractivity contribution in [1.82, 2.24) is 30.3 Å². The Balaban J connectivity index is 1.31. The highest BCUT2D eigenvalue weighted by Gasteiger charge is 2.31. The number of aromatic nitrogens is 5.